The van der Waals surface area contributed by atoms with Gasteiger partial charge in [0.25, 0.3) is 0 Å². The summed E-state index contributed by atoms with van der Waals surface area (Å²) < 4.78 is 0. The highest BCUT2D eigenvalue weighted by Crippen LogP contribution is 2.09. The van der Waals surface area contributed by atoms with Gasteiger partial charge in [-0.1, -0.05) is 29.8 Å². The second-order valence-corrected chi connectivity index (χ2v) is 4.36. The zero-order chi connectivity index (χ0) is 10.6. The van der Waals surface area contributed by atoms with E-state index in [0.29, 0.717) is 5.92 Å². The van der Waals surface area contributed by atoms with Crippen molar-refractivity contribution in [3.63, 3.8) is 0 Å². The van der Waals surface area contributed by atoms with E-state index in [2.05, 4.69) is 44.6 Å². The molecule has 0 saturated carbocycles. The van der Waals surface area contributed by atoms with Gasteiger partial charge in [-0.25, -0.2) is 9.97 Å². The molecule has 1 aromatic rings. The molecule has 78 valence electrons. The highest BCUT2D eigenvalue weighted by atomic mass is 79.9. The van der Waals surface area contributed by atoms with Crippen LogP contribution in [0.25, 0.3) is 0 Å². The first kappa shape index (κ1) is 11.4. The van der Waals surface area contributed by atoms with Crippen LogP contribution < -0.4 is 4.90 Å². The van der Waals surface area contributed by atoms with Gasteiger partial charge in [0.15, 0.2) is 0 Å². The van der Waals surface area contributed by atoms with Crippen molar-refractivity contribution in [2.75, 3.05) is 18.5 Å². The van der Waals surface area contributed by atoms with Crippen molar-refractivity contribution in [3.05, 3.63) is 18.0 Å². The summed E-state index contributed by atoms with van der Waals surface area (Å²) in [6.07, 6.45) is 3.71. The summed E-state index contributed by atoms with van der Waals surface area (Å²) in [6.45, 7) is 5.35. The standard InChI is InChI=1S/C10H16BrN3/c1-8(2)7-14(3)10-12-5-9(4-11)6-13-10/h5-6,8H,4,7H2,1-3H3. The van der Waals surface area contributed by atoms with Crippen LogP contribution >= 0.6 is 15.9 Å². The van der Waals surface area contributed by atoms with Crippen LogP contribution in [0.3, 0.4) is 0 Å². The maximum atomic E-state index is 4.29. The lowest BCUT2D eigenvalue weighted by atomic mass is 10.2. The molecule has 0 aliphatic carbocycles. The van der Waals surface area contributed by atoms with Crippen LogP contribution in [0, 0.1) is 5.92 Å². The summed E-state index contributed by atoms with van der Waals surface area (Å²) in [5.74, 6) is 1.42. The lowest BCUT2D eigenvalue weighted by Crippen LogP contribution is -2.24. The van der Waals surface area contributed by atoms with Gasteiger partial charge in [-0.15, -0.1) is 0 Å². The summed E-state index contributed by atoms with van der Waals surface area (Å²) >= 11 is 3.37. The third-order valence-electron chi connectivity index (χ3n) is 1.83. The van der Waals surface area contributed by atoms with Gasteiger partial charge >= 0.3 is 0 Å². The van der Waals surface area contributed by atoms with Crippen LogP contribution in [0.2, 0.25) is 0 Å². The van der Waals surface area contributed by atoms with Gasteiger partial charge in [0.05, 0.1) is 0 Å². The molecule has 4 heteroatoms. The average molecular weight is 258 g/mol. The van der Waals surface area contributed by atoms with E-state index in [9.17, 15) is 0 Å². The Labute approximate surface area is 93.7 Å². The fraction of sp³-hybridized carbons (Fsp3) is 0.600. The number of rotatable bonds is 4. The second kappa shape index (κ2) is 5.29. The normalized spacial score (nSPS) is 10.6. The van der Waals surface area contributed by atoms with Gasteiger partial charge in [0.1, 0.15) is 0 Å². The Morgan fingerprint density at radius 2 is 1.93 bits per heavy atom. The van der Waals surface area contributed by atoms with Crippen molar-refractivity contribution < 1.29 is 0 Å². The highest BCUT2D eigenvalue weighted by molar-refractivity contribution is 9.08. The van der Waals surface area contributed by atoms with Crippen LogP contribution in [0.15, 0.2) is 12.4 Å². The summed E-state index contributed by atoms with van der Waals surface area (Å²) in [5, 5.41) is 0.807. The Kier molecular flexibility index (Phi) is 4.32. The fourth-order valence-electron chi connectivity index (χ4n) is 1.24. The first-order chi connectivity index (χ1) is 6.63. The van der Waals surface area contributed by atoms with Crippen LogP contribution in [0.5, 0.6) is 0 Å². The lowest BCUT2D eigenvalue weighted by Gasteiger charge is -2.18. The predicted molar refractivity (Wildman–Crippen MR) is 62.8 cm³/mol. The Hall–Kier alpha value is -0.640. The molecular weight excluding hydrogens is 242 g/mol. The van der Waals surface area contributed by atoms with Crippen molar-refractivity contribution in [1.29, 1.82) is 0 Å². The number of anilines is 1. The minimum atomic E-state index is 0.624. The molecule has 0 N–H and O–H groups in total. The van der Waals surface area contributed by atoms with E-state index in [-0.39, 0.29) is 0 Å². The van der Waals surface area contributed by atoms with Gasteiger partial charge in [-0.05, 0) is 11.5 Å². The molecular formula is C10H16BrN3. The zero-order valence-electron chi connectivity index (χ0n) is 8.87. The molecule has 0 spiro atoms. The van der Waals surface area contributed by atoms with Crippen LogP contribution in [0.4, 0.5) is 5.95 Å². The molecule has 0 atom stereocenters. The summed E-state index contributed by atoms with van der Waals surface area (Å²) in [7, 11) is 2.02. The Bertz CT molecular complexity index is 271. The van der Waals surface area contributed by atoms with Gasteiger partial charge in [0.2, 0.25) is 5.95 Å². The average Bonchev–Trinajstić information content (AvgIpc) is 2.17. The van der Waals surface area contributed by atoms with E-state index in [1.807, 2.05) is 19.4 Å². The monoisotopic (exact) mass is 257 g/mol. The Balaban J connectivity index is 2.66. The summed E-state index contributed by atoms with van der Waals surface area (Å²) in [5.41, 5.74) is 1.10. The lowest BCUT2D eigenvalue weighted by molar-refractivity contribution is 0.629. The van der Waals surface area contributed by atoms with Gasteiger partial charge in [-0.3, -0.25) is 0 Å². The van der Waals surface area contributed by atoms with E-state index >= 15 is 0 Å². The van der Waals surface area contributed by atoms with Crippen LogP contribution in [0.1, 0.15) is 19.4 Å². The molecule has 0 saturated heterocycles. The maximum Gasteiger partial charge on any atom is 0.225 e. The van der Waals surface area contributed by atoms with E-state index < -0.39 is 0 Å². The molecule has 0 unspecified atom stereocenters. The smallest absolute Gasteiger partial charge is 0.225 e. The number of hydrogen-bond acceptors (Lipinski definition) is 3. The SMILES string of the molecule is CC(C)CN(C)c1ncc(CBr)cn1. The molecule has 1 rings (SSSR count). The van der Waals surface area contributed by atoms with Gasteiger partial charge < -0.3 is 4.90 Å². The molecule has 0 aliphatic heterocycles. The van der Waals surface area contributed by atoms with Crippen LogP contribution in [-0.4, -0.2) is 23.6 Å². The third kappa shape index (κ3) is 3.25. The minimum absolute atomic E-state index is 0.624. The topological polar surface area (TPSA) is 29.0 Å². The zero-order valence-corrected chi connectivity index (χ0v) is 10.5. The number of aromatic nitrogens is 2. The van der Waals surface area contributed by atoms with Crippen molar-refractivity contribution in [1.82, 2.24) is 9.97 Å². The Morgan fingerprint density at radius 3 is 2.36 bits per heavy atom. The molecule has 0 aliphatic rings. The third-order valence-corrected chi connectivity index (χ3v) is 2.47. The van der Waals surface area contributed by atoms with Crippen molar-refractivity contribution in [2.24, 2.45) is 5.92 Å². The predicted octanol–water partition coefficient (Wildman–Crippen LogP) is 2.46. The second-order valence-electron chi connectivity index (χ2n) is 3.80. The Morgan fingerprint density at radius 1 is 1.36 bits per heavy atom. The molecule has 0 aromatic carbocycles. The van der Waals surface area contributed by atoms with Crippen molar-refractivity contribution in [2.45, 2.75) is 19.2 Å². The van der Waals surface area contributed by atoms with E-state index in [1.54, 1.807) is 0 Å². The molecule has 3 nitrogen and oxygen atoms in total. The van der Waals surface area contributed by atoms with Gasteiger partial charge in [0, 0.05) is 31.3 Å². The van der Waals surface area contributed by atoms with Crippen molar-refractivity contribution >= 4 is 21.9 Å². The van der Waals surface area contributed by atoms with Crippen LogP contribution in [-0.2, 0) is 5.33 Å². The molecule has 0 amide bonds. The molecule has 1 aromatic heterocycles. The summed E-state index contributed by atoms with van der Waals surface area (Å²) in [4.78, 5) is 10.6. The minimum Gasteiger partial charge on any atom is -0.344 e. The van der Waals surface area contributed by atoms with E-state index in [0.717, 1.165) is 23.4 Å². The molecule has 1 heterocycles. The number of nitrogens with zero attached hydrogens (tertiary/aromatic N) is 3. The number of halogens is 1. The largest absolute Gasteiger partial charge is 0.344 e. The molecule has 0 fully saturated rings. The number of hydrogen-bond donors (Lipinski definition) is 0. The van der Waals surface area contributed by atoms with Gasteiger partial charge in [-0.2, -0.15) is 0 Å². The van der Waals surface area contributed by atoms with Crippen molar-refractivity contribution in [3.8, 4) is 0 Å². The quantitative estimate of drug-likeness (QED) is 0.777. The first-order valence-electron chi connectivity index (χ1n) is 4.71. The van der Waals surface area contributed by atoms with E-state index in [1.165, 1.54) is 0 Å². The fourth-order valence-corrected chi connectivity index (χ4v) is 1.53. The number of alkyl halides is 1. The van der Waals surface area contributed by atoms with E-state index in [4.69, 9.17) is 0 Å². The maximum absolute atomic E-state index is 4.29. The first-order valence-corrected chi connectivity index (χ1v) is 5.83. The molecule has 14 heavy (non-hydrogen) atoms. The highest BCUT2D eigenvalue weighted by Gasteiger charge is 2.05. The summed E-state index contributed by atoms with van der Waals surface area (Å²) in [6, 6.07) is 0. The molecule has 0 bridgehead atoms. The molecule has 0 radical (unpaired) electrons.